The molecule has 0 saturated carbocycles. The predicted molar refractivity (Wildman–Crippen MR) is 96.8 cm³/mol. The molecule has 0 heterocycles. The molecule has 0 fully saturated rings. The lowest BCUT2D eigenvalue weighted by Crippen LogP contribution is -2.43. The lowest BCUT2D eigenvalue weighted by atomic mass is 10.1. The molecule has 1 amide bonds. The summed E-state index contributed by atoms with van der Waals surface area (Å²) in [5.74, 6) is -0.462. The van der Waals surface area contributed by atoms with E-state index in [2.05, 4.69) is 38.2 Å². The number of carbonyl (C=O) groups is 2. The molecule has 0 aromatic rings. The van der Waals surface area contributed by atoms with Gasteiger partial charge in [-0.1, -0.05) is 23.3 Å². The van der Waals surface area contributed by atoms with Crippen LogP contribution < -0.4 is 5.32 Å². The predicted octanol–water partition coefficient (Wildman–Crippen LogP) is 4.53. The highest BCUT2D eigenvalue weighted by molar-refractivity contribution is 5.81. The fourth-order valence-electron chi connectivity index (χ4n) is 2.03. The monoisotopic (exact) mass is 339 g/mol. The van der Waals surface area contributed by atoms with Gasteiger partial charge in [-0.15, -0.1) is 0 Å². The van der Waals surface area contributed by atoms with E-state index in [0.29, 0.717) is 12.8 Å². The van der Waals surface area contributed by atoms with E-state index in [1.165, 1.54) is 18.3 Å². The van der Waals surface area contributed by atoms with Crippen molar-refractivity contribution < 1.29 is 19.1 Å². The van der Waals surface area contributed by atoms with Gasteiger partial charge in [-0.2, -0.15) is 0 Å². The van der Waals surface area contributed by atoms with Crippen molar-refractivity contribution in [1.82, 2.24) is 5.32 Å². The SMILES string of the molecule is COC(=O)[C@H](CC/C=C(\C)CCC=C(C)C)NC(=O)OC(C)(C)C. The van der Waals surface area contributed by atoms with Gasteiger partial charge in [-0.25, -0.2) is 9.59 Å². The molecule has 138 valence electrons. The second kappa shape index (κ2) is 10.9. The Balaban J connectivity index is 4.51. The normalized spacial score (nSPS) is 13.0. The highest BCUT2D eigenvalue weighted by Gasteiger charge is 2.24. The van der Waals surface area contributed by atoms with Gasteiger partial charge in [-0.05, 0) is 67.2 Å². The van der Waals surface area contributed by atoms with Crippen LogP contribution in [0.25, 0.3) is 0 Å². The van der Waals surface area contributed by atoms with Crippen LogP contribution in [0.3, 0.4) is 0 Å². The smallest absolute Gasteiger partial charge is 0.408 e. The fourth-order valence-corrected chi connectivity index (χ4v) is 2.03. The summed E-state index contributed by atoms with van der Waals surface area (Å²) < 4.78 is 9.94. The molecule has 0 rings (SSSR count). The lowest BCUT2D eigenvalue weighted by Gasteiger charge is -2.22. The number of allylic oxidation sites excluding steroid dienone is 4. The summed E-state index contributed by atoms with van der Waals surface area (Å²) in [6.07, 6.45) is 6.88. The maximum absolute atomic E-state index is 11.8. The third kappa shape index (κ3) is 11.7. The quantitative estimate of drug-likeness (QED) is 0.521. The summed E-state index contributed by atoms with van der Waals surface area (Å²) in [7, 11) is 1.31. The van der Waals surface area contributed by atoms with Crippen LogP contribution >= 0.6 is 0 Å². The van der Waals surface area contributed by atoms with E-state index in [0.717, 1.165) is 12.8 Å². The molecule has 0 unspecified atom stereocenters. The van der Waals surface area contributed by atoms with E-state index in [-0.39, 0.29) is 0 Å². The van der Waals surface area contributed by atoms with Gasteiger partial charge in [0, 0.05) is 0 Å². The van der Waals surface area contributed by atoms with Crippen LogP contribution in [-0.4, -0.2) is 30.8 Å². The van der Waals surface area contributed by atoms with Gasteiger partial charge in [0.2, 0.25) is 0 Å². The lowest BCUT2D eigenvalue weighted by molar-refractivity contribution is -0.143. The topological polar surface area (TPSA) is 64.6 Å². The van der Waals surface area contributed by atoms with Gasteiger partial charge in [0.1, 0.15) is 11.6 Å². The standard InChI is InChI=1S/C19H33NO4/c1-14(2)10-8-11-15(3)12-9-13-16(17(21)23-7)20-18(22)24-19(4,5)6/h10,12,16H,8-9,11,13H2,1-7H3,(H,20,22)/b15-12+/t16-/m0/s1. The van der Waals surface area contributed by atoms with Crippen molar-refractivity contribution in [3.8, 4) is 0 Å². The molecule has 0 saturated heterocycles. The van der Waals surface area contributed by atoms with E-state index in [1.54, 1.807) is 20.8 Å². The summed E-state index contributed by atoms with van der Waals surface area (Å²) in [6, 6.07) is -0.702. The van der Waals surface area contributed by atoms with Gasteiger partial charge < -0.3 is 14.8 Å². The molecule has 5 nitrogen and oxygen atoms in total. The van der Waals surface area contributed by atoms with Gasteiger partial charge >= 0.3 is 12.1 Å². The second-order valence-electron chi connectivity index (χ2n) is 7.17. The zero-order chi connectivity index (χ0) is 18.8. The van der Waals surface area contributed by atoms with Crippen LogP contribution in [0.15, 0.2) is 23.3 Å². The minimum atomic E-state index is -0.702. The van der Waals surface area contributed by atoms with Crippen LogP contribution in [0.4, 0.5) is 4.79 Å². The number of nitrogens with one attached hydrogen (secondary N) is 1. The molecule has 1 atom stereocenters. The molecule has 5 heteroatoms. The Hall–Kier alpha value is -1.78. The number of carbonyl (C=O) groups excluding carboxylic acids is 2. The van der Waals surface area contributed by atoms with E-state index in [1.807, 2.05) is 0 Å². The van der Waals surface area contributed by atoms with Crippen molar-refractivity contribution >= 4 is 12.1 Å². The number of rotatable bonds is 8. The zero-order valence-corrected chi connectivity index (χ0v) is 16.2. The van der Waals surface area contributed by atoms with E-state index in [4.69, 9.17) is 9.47 Å². The Morgan fingerprint density at radius 3 is 2.21 bits per heavy atom. The maximum atomic E-state index is 11.8. The Bertz CT molecular complexity index is 468. The molecular formula is C19H33NO4. The van der Waals surface area contributed by atoms with Crippen molar-refractivity contribution in [3.63, 3.8) is 0 Å². The number of ether oxygens (including phenoxy) is 2. The average molecular weight is 339 g/mol. The van der Waals surface area contributed by atoms with E-state index in [9.17, 15) is 9.59 Å². The molecule has 1 N–H and O–H groups in total. The minimum absolute atomic E-state index is 0.462. The molecule has 0 aliphatic heterocycles. The van der Waals surface area contributed by atoms with E-state index < -0.39 is 23.7 Å². The molecule has 0 spiro atoms. The first kappa shape index (κ1) is 22.2. The third-order valence-electron chi connectivity index (χ3n) is 3.22. The van der Waals surface area contributed by atoms with Gasteiger partial charge in [0.15, 0.2) is 0 Å². The summed E-state index contributed by atoms with van der Waals surface area (Å²) in [6.45, 7) is 11.6. The zero-order valence-electron chi connectivity index (χ0n) is 16.2. The summed E-state index contributed by atoms with van der Waals surface area (Å²) >= 11 is 0. The Morgan fingerprint density at radius 2 is 1.71 bits per heavy atom. The average Bonchev–Trinajstić information content (AvgIpc) is 2.43. The van der Waals surface area contributed by atoms with Crippen LogP contribution in [0, 0.1) is 0 Å². The van der Waals surface area contributed by atoms with Crippen LogP contribution in [0.2, 0.25) is 0 Å². The van der Waals surface area contributed by atoms with Crippen LogP contribution in [-0.2, 0) is 14.3 Å². The summed E-state index contributed by atoms with van der Waals surface area (Å²) in [4.78, 5) is 23.6. The maximum Gasteiger partial charge on any atom is 0.408 e. The molecule has 0 aromatic carbocycles. The number of methoxy groups -OCH3 is 1. The number of amides is 1. The molecule has 0 aliphatic carbocycles. The third-order valence-corrected chi connectivity index (χ3v) is 3.22. The summed E-state index contributed by atoms with van der Waals surface area (Å²) in [5.41, 5.74) is 1.98. The number of hydrogen-bond acceptors (Lipinski definition) is 4. The van der Waals surface area contributed by atoms with Crippen molar-refractivity contribution in [2.45, 2.75) is 78.9 Å². The first-order chi connectivity index (χ1) is 11.0. The van der Waals surface area contributed by atoms with E-state index >= 15 is 0 Å². The molecule has 0 bridgehead atoms. The van der Waals surface area contributed by atoms with Crippen LogP contribution in [0.5, 0.6) is 0 Å². The highest BCUT2D eigenvalue weighted by atomic mass is 16.6. The molecule has 0 radical (unpaired) electrons. The molecule has 24 heavy (non-hydrogen) atoms. The molecule has 0 aliphatic rings. The van der Waals surface area contributed by atoms with Gasteiger partial charge in [-0.3, -0.25) is 0 Å². The second-order valence-corrected chi connectivity index (χ2v) is 7.17. The van der Waals surface area contributed by atoms with Gasteiger partial charge in [0.05, 0.1) is 7.11 Å². The molecular weight excluding hydrogens is 306 g/mol. The number of hydrogen-bond donors (Lipinski definition) is 1. The Morgan fingerprint density at radius 1 is 1.08 bits per heavy atom. The first-order valence-corrected chi connectivity index (χ1v) is 8.41. The van der Waals surface area contributed by atoms with Crippen molar-refractivity contribution in [2.75, 3.05) is 7.11 Å². The van der Waals surface area contributed by atoms with Crippen molar-refractivity contribution in [1.29, 1.82) is 0 Å². The summed E-state index contributed by atoms with van der Waals surface area (Å²) in [5, 5.41) is 2.58. The first-order valence-electron chi connectivity index (χ1n) is 8.41. The molecule has 0 aromatic heterocycles. The van der Waals surface area contributed by atoms with Crippen LogP contribution in [0.1, 0.15) is 67.2 Å². The highest BCUT2D eigenvalue weighted by Crippen LogP contribution is 2.11. The largest absolute Gasteiger partial charge is 0.467 e. The number of esters is 1. The number of alkyl carbamates (subject to hydrolysis) is 1. The Kier molecular flexibility index (Phi) is 10.1. The Labute approximate surface area is 146 Å². The minimum Gasteiger partial charge on any atom is -0.467 e. The van der Waals surface area contributed by atoms with Crippen molar-refractivity contribution in [3.05, 3.63) is 23.3 Å². The van der Waals surface area contributed by atoms with Crippen molar-refractivity contribution in [2.24, 2.45) is 0 Å². The van der Waals surface area contributed by atoms with Gasteiger partial charge in [0.25, 0.3) is 0 Å². The fraction of sp³-hybridized carbons (Fsp3) is 0.684.